The Labute approximate surface area is 158 Å². The molecule has 0 aliphatic heterocycles. The lowest BCUT2D eigenvalue weighted by Crippen LogP contribution is -2.14. The molecule has 1 aromatic heterocycles. The summed E-state index contributed by atoms with van der Waals surface area (Å²) in [6.07, 6.45) is 0.675. The number of ketones is 1. The van der Waals surface area contributed by atoms with Gasteiger partial charge in [-0.15, -0.1) is 0 Å². The van der Waals surface area contributed by atoms with E-state index in [0.717, 1.165) is 16.8 Å². The van der Waals surface area contributed by atoms with Crippen molar-refractivity contribution >= 4 is 11.5 Å². The van der Waals surface area contributed by atoms with E-state index in [9.17, 15) is 4.79 Å². The maximum absolute atomic E-state index is 11.6. The van der Waals surface area contributed by atoms with Crippen LogP contribution in [0.1, 0.15) is 41.3 Å². The molecule has 0 bridgehead atoms. The fraction of sp³-hybridized carbons (Fsp3) is 0.368. The monoisotopic (exact) mass is 373 g/mol. The smallest absolute Gasteiger partial charge is 0.217 e. The zero-order valence-corrected chi connectivity index (χ0v) is 15.9. The van der Waals surface area contributed by atoms with Gasteiger partial charge in [0.2, 0.25) is 5.88 Å². The van der Waals surface area contributed by atoms with Gasteiger partial charge in [0.25, 0.3) is 0 Å². The van der Waals surface area contributed by atoms with Crippen molar-refractivity contribution in [1.82, 2.24) is 9.97 Å². The lowest BCUT2D eigenvalue weighted by Gasteiger charge is -2.13. The van der Waals surface area contributed by atoms with E-state index < -0.39 is 0 Å². The number of aromatic nitrogens is 2. The molecule has 0 atom stereocenters. The molecule has 144 valence electrons. The van der Waals surface area contributed by atoms with Gasteiger partial charge in [-0.1, -0.05) is 36.3 Å². The number of carbonyl (C=O) groups excluding carboxylic acids is 1. The van der Waals surface area contributed by atoms with Crippen molar-refractivity contribution in [1.29, 1.82) is 0 Å². The minimum Gasteiger partial charge on any atom is -0.473 e. The highest BCUT2D eigenvalue weighted by Crippen LogP contribution is 2.16. The maximum atomic E-state index is 11.6. The maximum Gasteiger partial charge on any atom is 0.217 e. The minimum atomic E-state index is -0.207. The van der Waals surface area contributed by atoms with Crippen LogP contribution in [-0.2, 0) is 27.6 Å². The average Bonchev–Trinajstić information content (AvgIpc) is 2.69. The molecular weight excluding hydrogens is 350 g/mol. The molecule has 8 nitrogen and oxygen atoms in total. The predicted molar refractivity (Wildman–Crippen MR) is 98.7 cm³/mol. The third kappa shape index (κ3) is 5.83. The highest BCUT2D eigenvalue weighted by molar-refractivity contribution is 6.02. The predicted octanol–water partition coefficient (Wildman–Crippen LogP) is 2.75. The van der Waals surface area contributed by atoms with Gasteiger partial charge in [-0.3, -0.25) is 4.79 Å². The Morgan fingerprint density at radius 3 is 2.63 bits per heavy atom. The second-order valence-corrected chi connectivity index (χ2v) is 5.53. The lowest BCUT2D eigenvalue weighted by atomic mass is 10.0. The summed E-state index contributed by atoms with van der Waals surface area (Å²) in [5.74, 6) is 0.287. The minimum absolute atomic E-state index is 0.114. The number of ether oxygens (including phenoxy) is 1. The third-order valence-corrected chi connectivity index (χ3v) is 3.65. The van der Waals surface area contributed by atoms with E-state index in [0.29, 0.717) is 18.0 Å². The van der Waals surface area contributed by atoms with Crippen molar-refractivity contribution in [3.05, 3.63) is 53.0 Å². The van der Waals surface area contributed by atoms with Crippen molar-refractivity contribution in [2.45, 2.75) is 26.9 Å². The number of aryl methyl sites for hydroxylation is 1. The fourth-order valence-electron chi connectivity index (χ4n) is 2.34. The average molecular weight is 373 g/mol. The van der Waals surface area contributed by atoms with Crippen LogP contribution >= 0.6 is 0 Å². The van der Waals surface area contributed by atoms with Gasteiger partial charge < -0.3 is 9.57 Å². The quantitative estimate of drug-likeness (QED) is 0.274. The largest absolute Gasteiger partial charge is 0.473 e. The Hall–Kier alpha value is -2.84. The van der Waals surface area contributed by atoms with E-state index in [1.807, 2.05) is 31.2 Å². The number of rotatable bonds is 10. The Bertz CT molecular complexity index is 808. The van der Waals surface area contributed by atoms with Gasteiger partial charge in [0.1, 0.15) is 26.0 Å². The van der Waals surface area contributed by atoms with Crippen LogP contribution in [0.5, 0.6) is 5.88 Å². The van der Waals surface area contributed by atoms with Crippen molar-refractivity contribution in [3.63, 3.8) is 0 Å². The molecular formula is C19H23N3O5. The number of hydrogen-bond acceptors (Lipinski definition) is 8. The van der Waals surface area contributed by atoms with Gasteiger partial charge in [-0.05, 0) is 12.0 Å². The summed E-state index contributed by atoms with van der Waals surface area (Å²) in [6, 6.07) is 9.29. The first-order valence-electron chi connectivity index (χ1n) is 8.44. The molecule has 2 aromatic rings. The summed E-state index contributed by atoms with van der Waals surface area (Å²) < 4.78 is 5.83. The standard InChI is InChI=1S/C19H23N3O5/c1-5-15-10-18(21-19(20-15)13(2)23)26-11-14-8-6-7-9-16(14)17(22-24-3)12-27-25-4/h6-10H,5,11-12H2,1-4H3. The second kappa shape index (κ2) is 10.3. The molecule has 0 amide bonds. The molecule has 0 radical (unpaired) electrons. The molecule has 0 fully saturated rings. The summed E-state index contributed by atoms with van der Waals surface area (Å²) in [4.78, 5) is 34.5. The zero-order valence-electron chi connectivity index (χ0n) is 15.9. The summed E-state index contributed by atoms with van der Waals surface area (Å²) >= 11 is 0. The Morgan fingerprint density at radius 1 is 1.19 bits per heavy atom. The summed E-state index contributed by atoms with van der Waals surface area (Å²) in [5, 5.41) is 4.00. The first-order valence-corrected chi connectivity index (χ1v) is 8.44. The number of nitrogens with zero attached hydrogens (tertiary/aromatic N) is 3. The van der Waals surface area contributed by atoms with Crippen molar-refractivity contribution in [2.24, 2.45) is 5.16 Å². The SMILES string of the molecule is CCc1cc(OCc2ccccc2C(COOC)=NOC)nc(C(C)=O)n1. The van der Waals surface area contributed by atoms with Crippen LogP contribution in [0.2, 0.25) is 0 Å². The van der Waals surface area contributed by atoms with Crippen LogP contribution < -0.4 is 4.74 Å². The van der Waals surface area contributed by atoms with E-state index in [4.69, 9.17) is 14.5 Å². The van der Waals surface area contributed by atoms with E-state index in [-0.39, 0.29) is 24.8 Å². The highest BCUT2D eigenvalue weighted by Gasteiger charge is 2.13. The van der Waals surface area contributed by atoms with Crippen LogP contribution in [0.15, 0.2) is 35.5 Å². The van der Waals surface area contributed by atoms with E-state index >= 15 is 0 Å². The molecule has 0 N–H and O–H groups in total. The number of benzene rings is 1. The first kappa shape index (κ1) is 20.5. The van der Waals surface area contributed by atoms with E-state index in [1.54, 1.807) is 6.07 Å². The third-order valence-electron chi connectivity index (χ3n) is 3.65. The van der Waals surface area contributed by atoms with Crippen LogP contribution in [0.25, 0.3) is 0 Å². The Morgan fingerprint density at radius 2 is 1.96 bits per heavy atom. The van der Waals surface area contributed by atoms with Crippen LogP contribution in [0.4, 0.5) is 0 Å². The van der Waals surface area contributed by atoms with Gasteiger partial charge in [0.05, 0.1) is 7.11 Å². The number of Topliss-reactive ketones (excluding diaryl/α,β-unsaturated/α-hetero) is 1. The summed E-state index contributed by atoms with van der Waals surface area (Å²) in [6.45, 7) is 3.72. The van der Waals surface area contributed by atoms with Crippen molar-refractivity contribution in [2.75, 3.05) is 20.8 Å². The van der Waals surface area contributed by atoms with Crippen LogP contribution in [-0.4, -0.2) is 42.3 Å². The fourth-order valence-corrected chi connectivity index (χ4v) is 2.34. The van der Waals surface area contributed by atoms with Gasteiger partial charge in [-0.2, -0.15) is 4.98 Å². The molecule has 0 saturated heterocycles. The van der Waals surface area contributed by atoms with E-state index in [1.165, 1.54) is 21.1 Å². The van der Waals surface area contributed by atoms with Crippen LogP contribution in [0, 0.1) is 0 Å². The zero-order chi connectivity index (χ0) is 19.6. The normalized spacial score (nSPS) is 11.3. The molecule has 1 heterocycles. The van der Waals surface area contributed by atoms with Gasteiger partial charge in [0, 0.05) is 24.2 Å². The second-order valence-electron chi connectivity index (χ2n) is 5.53. The van der Waals surface area contributed by atoms with Crippen molar-refractivity contribution < 1.29 is 24.1 Å². The van der Waals surface area contributed by atoms with Gasteiger partial charge >= 0.3 is 0 Å². The molecule has 1 aromatic carbocycles. The highest BCUT2D eigenvalue weighted by atomic mass is 17.2. The molecule has 0 unspecified atom stereocenters. The molecule has 27 heavy (non-hydrogen) atoms. The van der Waals surface area contributed by atoms with Crippen LogP contribution in [0.3, 0.4) is 0 Å². The number of carbonyl (C=O) groups is 1. The Balaban J connectivity index is 2.25. The molecule has 0 spiro atoms. The van der Waals surface area contributed by atoms with E-state index in [2.05, 4.69) is 20.0 Å². The number of hydrogen-bond donors (Lipinski definition) is 0. The van der Waals surface area contributed by atoms with Crippen molar-refractivity contribution in [3.8, 4) is 5.88 Å². The molecule has 2 rings (SSSR count). The summed E-state index contributed by atoms with van der Waals surface area (Å²) in [7, 11) is 2.88. The topological polar surface area (TPSA) is 92.1 Å². The molecule has 8 heteroatoms. The molecule has 0 aliphatic rings. The Kier molecular flexibility index (Phi) is 7.84. The number of oxime groups is 1. The molecule has 0 aliphatic carbocycles. The summed E-state index contributed by atoms with van der Waals surface area (Å²) in [5.41, 5.74) is 2.95. The van der Waals surface area contributed by atoms with Gasteiger partial charge in [-0.25, -0.2) is 14.8 Å². The van der Waals surface area contributed by atoms with Gasteiger partial charge in [0.15, 0.2) is 11.6 Å². The first-order chi connectivity index (χ1) is 13.1. The molecule has 0 saturated carbocycles. The lowest BCUT2D eigenvalue weighted by molar-refractivity contribution is -0.259.